The summed E-state index contributed by atoms with van der Waals surface area (Å²) in [5, 5.41) is 0. The Hall–Kier alpha value is -2.40. The molecule has 0 saturated carbocycles. The fourth-order valence-electron chi connectivity index (χ4n) is 3.03. The second-order valence-electron chi connectivity index (χ2n) is 6.39. The molecule has 0 aliphatic rings. The number of anilines is 2. The van der Waals surface area contributed by atoms with E-state index in [0.29, 0.717) is 11.8 Å². The van der Waals surface area contributed by atoms with Crippen molar-refractivity contribution in [1.29, 1.82) is 0 Å². The molecular formula is C21H23BrN4. The Balaban J connectivity index is 1.90. The molecule has 0 bridgehead atoms. The van der Waals surface area contributed by atoms with Gasteiger partial charge in [0.1, 0.15) is 5.82 Å². The second kappa shape index (κ2) is 8.32. The largest absolute Gasteiger partial charge is 0.384 e. The zero-order valence-corrected chi connectivity index (χ0v) is 16.6. The number of nitrogens with two attached hydrogens (primary N) is 1. The van der Waals surface area contributed by atoms with Gasteiger partial charge in [0, 0.05) is 22.8 Å². The molecule has 2 aromatic carbocycles. The molecule has 1 atom stereocenters. The van der Waals surface area contributed by atoms with E-state index in [4.69, 9.17) is 5.73 Å². The van der Waals surface area contributed by atoms with Crippen molar-refractivity contribution in [2.24, 2.45) is 0 Å². The summed E-state index contributed by atoms with van der Waals surface area (Å²) in [6.45, 7) is 4.93. The van der Waals surface area contributed by atoms with E-state index in [0.717, 1.165) is 23.1 Å². The van der Waals surface area contributed by atoms with Gasteiger partial charge in [-0.05, 0) is 43.5 Å². The minimum absolute atomic E-state index is 0.143. The van der Waals surface area contributed by atoms with Gasteiger partial charge in [0.15, 0.2) is 0 Å². The molecule has 2 N–H and O–H groups in total. The summed E-state index contributed by atoms with van der Waals surface area (Å²) in [4.78, 5) is 11.4. The average molecular weight is 411 g/mol. The van der Waals surface area contributed by atoms with Crippen LogP contribution in [0.15, 0.2) is 65.1 Å². The predicted octanol–water partition coefficient (Wildman–Crippen LogP) is 4.94. The SMILES string of the molecule is Cc1cc(N)nc(N(CCc2cccc(Br)c2)[C@@H](C)c2ccccc2)n1. The maximum absolute atomic E-state index is 5.98. The summed E-state index contributed by atoms with van der Waals surface area (Å²) in [5.74, 6) is 1.18. The zero-order chi connectivity index (χ0) is 18.5. The van der Waals surface area contributed by atoms with E-state index in [-0.39, 0.29) is 6.04 Å². The second-order valence-corrected chi connectivity index (χ2v) is 7.31. The Morgan fingerprint density at radius 1 is 1.04 bits per heavy atom. The maximum Gasteiger partial charge on any atom is 0.228 e. The van der Waals surface area contributed by atoms with Crippen molar-refractivity contribution in [2.45, 2.75) is 26.3 Å². The van der Waals surface area contributed by atoms with Gasteiger partial charge in [-0.3, -0.25) is 0 Å². The molecule has 134 valence electrons. The first-order chi connectivity index (χ1) is 12.5. The summed E-state index contributed by atoms with van der Waals surface area (Å²) in [6, 6.07) is 20.7. The Kier molecular flexibility index (Phi) is 5.89. The number of hydrogen-bond donors (Lipinski definition) is 1. The lowest BCUT2D eigenvalue weighted by molar-refractivity contribution is 0.646. The third-order valence-electron chi connectivity index (χ3n) is 4.40. The Morgan fingerprint density at radius 3 is 2.50 bits per heavy atom. The third kappa shape index (κ3) is 4.61. The van der Waals surface area contributed by atoms with Crippen molar-refractivity contribution in [3.63, 3.8) is 0 Å². The number of nitrogens with zero attached hydrogens (tertiary/aromatic N) is 3. The van der Waals surface area contributed by atoms with Crippen molar-refractivity contribution in [3.05, 3.63) is 82.0 Å². The predicted molar refractivity (Wildman–Crippen MR) is 111 cm³/mol. The van der Waals surface area contributed by atoms with Crippen molar-refractivity contribution in [2.75, 3.05) is 17.2 Å². The standard InChI is InChI=1S/C21H23BrN4/c1-15-13-20(23)25-21(24-15)26(16(2)18-8-4-3-5-9-18)12-11-17-7-6-10-19(22)14-17/h3-10,13-14,16H,11-12H2,1-2H3,(H2,23,24,25)/t16-/m0/s1. The molecule has 0 saturated heterocycles. The van der Waals surface area contributed by atoms with Gasteiger partial charge in [-0.1, -0.05) is 58.4 Å². The quantitative estimate of drug-likeness (QED) is 0.624. The lowest BCUT2D eigenvalue weighted by atomic mass is 10.1. The average Bonchev–Trinajstić information content (AvgIpc) is 2.62. The minimum Gasteiger partial charge on any atom is -0.384 e. The van der Waals surface area contributed by atoms with E-state index in [2.05, 4.69) is 80.2 Å². The van der Waals surface area contributed by atoms with Crippen LogP contribution in [0.4, 0.5) is 11.8 Å². The van der Waals surface area contributed by atoms with E-state index in [9.17, 15) is 0 Å². The highest BCUT2D eigenvalue weighted by Gasteiger charge is 2.19. The molecule has 0 aliphatic heterocycles. The Bertz CT molecular complexity index is 847. The smallest absolute Gasteiger partial charge is 0.228 e. The van der Waals surface area contributed by atoms with Gasteiger partial charge in [0.25, 0.3) is 0 Å². The van der Waals surface area contributed by atoms with Crippen molar-refractivity contribution in [3.8, 4) is 0 Å². The van der Waals surface area contributed by atoms with Gasteiger partial charge in [-0.2, -0.15) is 4.98 Å². The molecule has 0 spiro atoms. The number of nitrogen functional groups attached to an aromatic ring is 1. The molecule has 0 fully saturated rings. The summed E-state index contributed by atoms with van der Waals surface area (Å²) < 4.78 is 1.09. The molecule has 0 radical (unpaired) electrons. The zero-order valence-electron chi connectivity index (χ0n) is 15.1. The van der Waals surface area contributed by atoms with E-state index in [1.807, 2.05) is 19.1 Å². The minimum atomic E-state index is 0.143. The molecule has 4 nitrogen and oxygen atoms in total. The molecule has 5 heteroatoms. The van der Waals surface area contributed by atoms with Crippen LogP contribution < -0.4 is 10.6 Å². The number of rotatable bonds is 6. The third-order valence-corrected chi connectivity index (χ3v) is 4.89. The van der Waals surface area contributed by atoms with Crippen LogP contribution in [0.3, 0.4) is 0 Å². The van der Waals surface area contributed by atoms with Crippen LogP contribution in [0.1, 0.15) is 29.8 Å². The van der Waals surface area contributed by atoms with Crippen LogP contribution in [0.25, 0.3) is 0 Å². The molecular weight excluding hydrogens is 388 g/mol. The van der Waals surface area contributed by atoms with Gasteiger partial charge in [-0.25, -0.2) is 4.98 Å². The van der Waals surface area contributed by atoms with Crippen molar-refractivity contribution >= 4 is 27.7 Å². The van der Waals surface area contributed by atoms with Gasteiger partial charge in [0.2, 0.25) is 5.95 Å². The van der Waals surface area contributed by atoms with Crippen LogP contribution in [-0.4, -0.2) is 16.5 Å². The fraction of sp³-hybridized carbons (Fsp3) is 0.238. The van der Waals surface area contributed by atoms with Crippen LogP contribution in [0.2, 0.25) is 0 Å². The summed E-state index contributed by atoms with van der Waals surface area (Å²) >= 11 is 3.54. The highest BCUT2D eigenvalue weighted by molar-refractivity contribution is 9.10. The highest BCUT2D eigenvalue weighted by Crippen LogP contribution is 2.26. The number of aryl methyl sites for hydroxylation is 1. The molecule has 0 unspecified atom stereocenters. The topological polar surface area (TPSA) is 55.0 Å². The van der Waals surface area contributed by atoms with Gasteiger partial charge >= 0.3 is 0 Å². The Morgan fingerprint density at radius 2 is 1.81 bits per heavy atom. The summed E-state index contributed by atoms with van der Waals surface area (Å²) in [6.07, 6.45) is 0.897. The number of halogens is 1. The summed E-state index contributed by atoms with van der Waals surface area (Å²) in [7, 11) is 0. The van der Waals surface area contributed by atoms with Gasteiger partial charge in [-0.15, -0.1) is 0 Å². The van der Waals surface area contributed by atoms with Gasteiger partial charge in [0.05, 0.1) is 6.04 Å². The first kappa shape index (κ1) is 18.4. The van der Waals surface area contributed by atoms with Crippen molar-refractivity contribution < 1.29 is 0 Å². The first-order valence-electron chi connectivity index (χ1n) is 8.70. The maximum atomic E-state index is 5.98. The van der Waals surface area contributed by atoms with Crippen LogP contribution >= 0.6 is 15.9 Å². The monoisotopic (exact) mass is 410 g/mol. The normalized spacial score (nSPS) is 12.0. The van der Waals surface area contributed by atoms with E-state index in [1.54, 1.807) is 6.07 Å². The summed E-state index contributed by atoms with van der Waals surface area (Å²) in [5.41, 5.74) is 9.35. The molecule has 0 amide bonds. The first-order valence-corrected chi connectivity index (χ1v) is 9.49. The lowest BCUT2D eigenvalue weighted by Gasteiger charge is -2.30. The molecule has 1 heterocycles. The van der Waals surface area contributed by atoms with Crippen LogP contribution in [0.5, 0.6) is 0 Å². The Labute approximate surface area is 163 Å². The molecule has 26 heavy (non-hydrogen) atoms. The fourth-order valence-corrected chi connectivity index (χ4v) is 3.47. The highest BCUT2D eigenvalue weighted by atomic mass is 79.9. The number of benzene rings is 2. The van der Waals surface area contributed by atoms with E-state index >= 15 is 0 Å². The van der Waals surface area contributed by atoms with Crippen LogP contribution in [0, 0.1) is 6.92 Å². The molecule has 1 aromatic heterocycles. The molecule has 3 rings (SSSR count). The van der Waals surface area contributed by atoms with Crippen LogP contribution in [-0.2, 0) is 6.42 Å². The van der Waals surface area contributed by atoms with E-state index in [1.165, 1.54) is 11.1 Å². The molecule has 0 aliphatic carbocycles. The van der Waals surface area contributed by atoms with E-state index < -0.39 is 0 Å². The lowest BCUT2D eigenvalue weighted by Crippen LogP contribution is -2.31. The number of aromatic nitrogens is 2. The number of hydrogen-bond acceptors (Lipinski definition) is 4. The van der Waals surface area contributed by atoms with Gasteiger partial charge < -0.3 is 10.6 Å². The molecule has 3 aromatic rings. The van der Waals surface area contributed by atoms with Crippen molar-refractivity contribution in [1.82, 2.24) is 9.97 Å².